The Hall–Kier alpha value is -1.91. The Morgan fingerprint density at radius 1 is 1.24 bits per heavy atom. The van der Waals surface area contributed by atoms with Gasteiger partial charge in [0.2, 0.25) is 0 Å². The van der Waals surface area contributed by atoms with E-state index in [1.807, 2.05) is 24.3 Å². The molecule has 132 valence electrons. The molecule has 0 radical (unpaired) electrons. The van der Waals surface area contributed by atoms with Crippen molar-refractivity contribution in [2.75, 3.05) is 0 Å². The van der Waals surface area contributed by atoms with E-state index in [-0.39, 0.29) is 18.0 Å². The van der Waals surface area contributed by atoms with Crippen molar-refractivity contribution in [2.45, 2.75) is 38.4 Å². The van der Waals surface area contributed by atoms with Gasteiger partial charge < -0.3 is 10.1 Å². The average molecular weight is 362 g/mol. The summed E-state index contributed by atoms with van der Waals surface area (Å²) in [6.45, 7) is 2.19. The van der Waals surface area contributed by atoms with Crippen LogP contribution in [0.15, 0.2) is 42.5 Å². The first-order valence-electron chi connectivity index (χ1n) is 8.41. The SMILES string of the molecule is CC1CC(C=N)OC(c2ccc(Cl)c(Cc3ccc(OF)cc3)c2)C1. The lowest BCUT2D eigenvalue weighted by atomic mass is 9.89. The van der Waals surface area contributed by atoms with E-state index >= 15 is 0 Å². The number of rotatable bonds is 5. The van der Waals surface area contributed by atoms with Gasteiger partial charge in [-0.15, -0.1) is 0 Å². The third-order valence-electron chi connectivity index (χ3n) is 4.62. The average Bonchev–Trinajstić information content (AvgIpc) is 2.63. The van der Waals surface area contributed by atoms with Gasteiger partial charge in [0.1, 0.15) is 0 Å². The summed E-state index contributed by atoms with van der Waals surface area (Å²) in [4.78, 5) is 3.71. The first kappa shape index (κ1) is 17.9. The summed E-state index contributed by atoms with van der Waals surface area (Å²) in [6.07, 6.45) is 3.72. The van der Waals surface area contributed by atoms with Crippen molar-refractivity contribution in [2.24, 2.45) is 5.92 Å². The molecule has 1 fully saturated rings. The molecule has 3 nitrogen and oxygen atoms in total. The summed E-state index contributed by atoms with van der Waals surface area (Å²) in [7, 11) is 0. The second-order valence-corrected chi connectivity index (χ2v) is 7.06. The van der Waals surface area contributed by atoms with Crippen LogP contribution in [0.4, 0.5) is 4.53 Å². The molecule has 5 heteroatoms. The fraction of sp³-hybridized carbons (Fsp3) is 0.350. The number of hydrogen-bond acceptors (Lipinski definition) is 3. The van der Waals surface area contributed by atoms with Gasteiger partial charge in [-0.25, -0.2) is 0 Å². The molecule has 3 atom stereocenters. The van der Waals surface area contributed by atoms with Crippen LogP contribution in [0.2, 0.25) is 5.02 Å². The maximum atomic E-state index is 12.1. The Bertz CT molecular complexity index is 735. The molecule has 3 rings (SSSR count). The van der Waals surface area contributed by atoms with Crippen LogP contribution in [0.5, 0.6) is 5.75 Å². The van der Waals surface area contributed by atoms with Crippen molar-refractivity contribution in [1.82, 2.24) is 0 Å². The summed E-state index contributed by atoms with van der Waals surface area (Å²) < 4.78 is 18.2. The Morgan fingerprint density at radius 2 is 2.00 bits per heavy atom. The molecular formula is C20H21ClFNO2. The molecule has 1 heterocycles. The maximum absolute atomic E-state index is 12.1. The number of benzene rings is 2. The quantitative estimate of drug-likeness (QED) is 0.694. The standard InChI is InChI=1S/C20H21ClFNO2/c1-13-8-18(12-23)24-20(9-13)15-4-7-19(21)16(11-15)10-14-2-5-17(25-22)6-3-14/h2-7,11-13,18,20,23H,8-10H2,1H3. The molecule has 2 aromatic carbocycles. The van der Waals surface area contributed by atoms with Crippen LogP contribution in [-0.4, -0.2) is 12.3 Å². The zero-order valence-electron chi connectivity index (χ0n) is 14.0. The van der Waals surface area contributed by atoms with E-state index in [0.29, 0.717) is 17.4 Å². The number of halogens is 2. The second-order valence-electron chi connectivity index (χ2n) is 6.66. The molecule has 0 aliphatic carbocycles. The topological polar surface area (TPSA) is 42.3 Å². The Balaban J connectivity index is 1.81. The lowest BCUT2D eigenvalue weighted by molar-refractivity contribution is -0.0349. The molecule has 0 amide bonds. The predicted octanol–water partition coefficient (Wildman–Crippen LogP) is 5.70. The second kappa shape index (κ2) is 7.98. The van der Waals surface area contributed by atoms with Gasteiger partial charge in [0.15, 0.2) is 5.75 Å². The highest BCUT2D eigenvalue weighted by Crippen LogP contribution is 2.35. The van der Waals surface area contributed by atoms with Gasteiger partial charge in [-0.1, -0.05) is 42.8 Å². The lowest BCUT2D eigenvalue weighted by Gasteiger charge is -2.32. The Morgan fingerprint density at radius 3 is 2.68 bits per heavy atom. The summed E-state index contributed by atoms with van der Waals surface area (Å²) in [6, 6.07) is 12.8. The third kappa shape index (κ3) is 4.39. The molecule has 0 aromatic heterocycles. The lowest BCUT2D eigenvalue weighted by Crippen LogP contribution is -2.28. The normalized spacial score (nSPS) is 23.2. The van der Waals surface area contributed by atoms with E-state index < -0.39 is 0 Å². The summed E-state index contributed by atoms with van der Waals surface area (Å²) >= 11 is 6.37. The summed E-state index contributed by atoms with van der Waals surface area (Å²) in [5.74, 6) is 0.698. The van der Waals surface area contributed by atoms with Crippen molar-refractivity contribution < 1.29 is 14.2 Å². The van der Waals surface area contributed by atoms with Gasteiger partial charge in [0.25, 0.3) is 0 Å². The van der Waals surface area contributed by atoms with E-state index in [9.17, 15) is 4.53 Å². The first-order valence-corrected chi connectivity index (χ1v) is 8.78. The van der Waals surface area contributed by atoms with Crippen LogP contribution in [0, 0.1) is 11.3 Å². The minimum Gasteiger partial charge on any atom is -0.365 e. The van der Waals surface area contributed by atoms with Crippen LogP contribution >= 0.6 is 11.6 Å². The molecular weight excluding hydrogens is 341 g/mol. The van der Waals surface area contributed by atoms with Crippen LogP contribution in [0.3, 0.4) is 0 Å². The molecule has 0 saturated carbocycles. The number of ether oxygens (including phenoxy) is 1. The van der Waals surface area contributed by atoms with Crippen LogP contribution in [0.1, 0.15) is 42.6 Å². The highest BCUT2D eigenvalue weighted by atomic mass is 35.5. The molecule has 1 aliphatic rings. The van der Waals surface area contributed by atoms with Gasteiger partial charge in [0, 0.05) is 15.8 Å². The molecule has 0 spiro atoms. The molecule has 25 heavy (non-hydrogen) atoms. The molecule has 1 saturated heterocycles. The van der Waals surface area contributed by atoms with Crippen molar-refractivity contribution >= 4 is 17.8 Å². The van der Waals surface area contributed by atoms with Crippen LogP contribution < -0.4 is 4.94 Å². The van der Waals surface area contributed by atoms with Crippen molar-refractivity contribution in [3.05, 3.63) is 64.2 Å². The highest BCUT2D eigenvalue weighted by Gasteiger charge is 2.27. The maximum Gasteiger partial charge on any atom is 0.171 e. The van der Waals surface area contributed by atoms with Crippen molar-refractivity contribution in [1.29, 1.82) is 5.41 Å². The highest BCUT2D eigenvalue weighted by molar-refractivity contribution is 6.31. The molecule has 1 aliphatic heterocycles. The van der Waals surface area contributed by atoms with Gasteiger partial charge in [0.05, 0.1) is 12.2 Å². The minimum absolute atomic E-state index is 0.0197. The molecule has 1 N–H and O–H groups in total. The Kier molecular flexibility index (Phi) is 5.71. The Labute approximate surface area is 152 Å². The first-order chi connectivity index (χ1) is 12.1. The van der Waals surface area contributed by atoms with E-state index in [4.69, 9.17) is 21.7 Å². The van der Waals surface area contributed by atoms with Gasteiger partial charge in [-0.2, -0.15) is 0 Å². The minimum atomic E-state index is -0.124. The van der Waals surface area contributed by atoms with E-state index in [2.05, 4.69) is 17.9 Å². The van der Waals surface area contributed by atoms with E-state index in [1.54, 1.807) is 12.1 Å². The van der Waals surface area contributed by atoms with Gasteiger partial charge >= 0.3 is 0 Å². The largest absolute Gasteiger partial charge is 0.365 e. The number of hydrogen-bond donors (Lipinski definition) is 1. The van der Waals surface area contributed by atoms with E-state index in [1.165, 1.54) is 6.21 Å². The molecule has 2 aromatic rings. The molecule has 3 unspecified atom stereocenters. The fourth-order valence-electron chi connectivity index (χ4n) is 3.31. The monoisotopic (exact) mass is 361 g/mol. The van der Waals surface area contributed by atoms with Crippen LogP contribution in [0.25, 0.3) is 0 Å². The van der Waals surface area contributed by atoms with Crippen LogP contribution in [-0.2, 0) is 11.2 Å². The van der Waals surface area contributed by atoms with E-state index in [0.717, 1.165) is 29.5 Å². The predicted molar refractivity (Wildman–Crippen MR) is 97.2 cm³/mol. The van der Waals surface area contributed by atoms with Crippen molar-refractivity contribution in [3.63, 3.8) is 0 Å². The molecule has 0 bridgehead atoms. The van der Waals surface area contributed by atoms with Gasteiger partial charge in [-0.05, 0) is 60.1 Å². The van der Waals surface area contributed by atoms with Crippen molar-refractivity contribution in [3.8, 4) is 5.75 Å². The van der Waals surface area contributed by atoms with Gasteiger partial charge in [-0.3, -0.25) is 4.94 Å². The summed E-state index contributed by atoms with van der Waals surface area (Å²) in [5, 5.41) is 8.19. The number of nitrogens with one attached hydrogen (secondary N) is 1. The third-order valence-corrected chi connectivity index (χ3v) is 4.99. The fourth-order valence-corrected chi connectivity index (χ4v) is 3.50. The summed E-state index contributed by atoms with van der Waals surface area (Å²) in [5.41, 5.74) is 3.11. The smallest absolute Gasteiger partial charge is 0.171 e. The zero-order valence-corrected chi connectivity index (χ0v) is 14.8. The zero-order chi connectivity index (χ0) is 17.8.